The van der Waals surface area contributed by atoms with Crippen LogP contribution in [-0.2, 0) is 9.53 Å². The van der Waals surface area contributed by atoms with E-state index in [9.17, 15) is 4.79 Å². The quantitative estimate of drug-likeness (QED) is 0.782. The number of ether oxygens (including phenoxy) is 1. The fourth-order valence-corrected chi connectivity index (χ4v) is 6.69. The molecule has 4 aliphatic carbocycles. The zero-order chi connectivity index (χ0) is 16.9. The molecule has 0 aromatic carbocycles. The average Bonchev–Trinajstić information content (AvgIpc) is 3.00. The SMILES string of the molecule is O=C(CN1CC=CN1CC12CC3CC(CC(C3)C1)C2)N1CCOCC1. The zero-order valence-corrected chi connectivity index (χ0v) is 15.2. The zero-order valence-electron chi connectivity index (χ0n) is 15.2. The van der Waals surface area contributed by atoms with Crippen molar-refractivity contribution in [2.45, 2.75) is 38.5 Å². The lowest BCUT2D eigenvalue weighted by molar-refractivity contribution is -0.142. The Morgan fingerprint density at radius 3 is 2.32 bits per heavy atom. The van der Waals surface area contributed by atoms with Crippen molar-refractivity contribution in [2.24, 2.45) is 23.2 Å². The molecule has 1 saturated heterocycles. The van der Waals surface area contributed by atoms with Crippen LogP contribution >= 0.6 is 0 Å². The van der Waals surface area contributed by atoms with Crippen molar-refractivity contribution in [3.63, 3.8) is 0 Å². The predicted octanol–water partition coefficient (Wildman–Crippen LogP) is 2.11. The van der Waals surface area contributed by atoms with Crippen LogP contribution in [0.4, 0.5) is 0 Å². The van der Waals surface area contributed by atoms with Crippen LogP contribution < -0.4 is 0 Å². The van der Waals surface area contributed by atoms with Crippen LogP contribution in [0.2, 0.25) is 0 Å². The second kappa shape index (κ2) is 6.27. The molecule has 2 aliphatic heterocycles. The summed E-state index contributed by atoms with van der Waals surface area (Å²) in [6, 6.07) is 0. The summed E-state index contributed by atoms with van der Waals surface area (Å²) in [7, 11) is 0. The van der Waals surface area contributed by atoms with Gasteiger partial charge in [0.15, 0.2) is 0 Å². The number of morpholine rings is 1. The molecule has 1 amide bonds. The van der Waals surface area contributed by atoms with E-state index in [1.807, 2.05) is 4.90 Å². The maximum Gasteiger partial charge on any atom is 0.238 e. The Kier molecular flexibility index (Phi) is 4.05. The third-order valence-electron chi connectivity index (χ3n) is 7.30. The molecule has 0 unspecified atom stereocenters. The molecular formula is C20H31N3O2. The van der Waals surface area contributed by atoms with Crippen LogP contribution in [0.25, 0.3) is 0 Å². The third-order valence-corrected chi connectivity index (χ3v) is 7.30. The summed E-state index contributed by atoms with van der Waals surface area (Å²) in [6.07, 6.45) is 13.2. The van der Waals surface area contributed by atoms with Crippen LogP contribution in [0, 0.1) is 23.2 Å². The molecule has 25 heavy (non-hydrogen) atoms. The summed E-state index contributed by atoms with van der Waals surface area (Å²) in [4.78, 5) is 14.6. The van der Waals surface area contributed by atoms with E-state index in [1.165, 1.54) is 38.5 Å². The summed E-state index contributed by atoms with van der Waals surface area (Å²) in [5.41, 5.74) is 0.518. The van der Waals surface area contributed by atoms with Crippen LogP contribution in [0.1, 0.15) is 38.5 Å². The number of hydrazine groups is 1. The van der Waals surface area contributed by atoms with Gasteiger partial charge in [0.1, 0.15) is 0 Å². The van der Waals surface area contributed by atoms with E-state index in [0.717, 1.165) is 43.9 Å². The molecule has 138 valence electrons. The number of carbonyl (C=O) groups excluding carboxylic acids is 1. The Bertz CT molecular complexity index is 520. The van der Waals surface area contributed by atoms with Gasteiger partial charge in [0.05, 0.1) is 19.8 Å². The standard InChI is InChI=1S/C20H31N3O2/c24-19(21-4-6-25-7-5-21)14-22-2-1-3-23(22)15-20-11-16-8-17(12-20)10-18(9-16)13-20/h1,3,16-18H,2,4-15H2. The van der Waals surface area contributed by atoms with Gasteiger partial charge >= 0.3 is 0 Å². The third kappa shape index (κ3) is 3.10. The Hall–Kier alpha value is -1.07. The minimum atomic E-state index is 0.252. The van der Waals surface area contributed by atoms with Crippen molar-refractivity contribution in [1.82, 2.24) is 14.9 Å². The van der Waals surface area contributed by atoms with Gasteiger partial charge in [-0.25, -0.2) is 5.01 Å². The van der Waals surface area contributed by atoms with E-state index in [-0.39, 0.29) is 5.91 Å². The Balaban J connectivity index is 1.23. The maximum atomic E-state index is 12.6. The highest BCUT2D eigenvalue weighted by atomic mass is 16.5. The van der Waals surface area contributed by atoms with Gasteiger partial charge in [-0.3, -0.25) is 4.79 Å². The van der Waals surface area contributed by atoms with Crippen molar-refractivity contribution in [1.29, 1.82) is 0 Å². The lowest BCUT2D eigenvalue weighted by Crippen LogP contribution is -2.54. The van der Waals surface area contributed by atoms with Crippen molar-refractivity contribution < 1.29 is 9.53 Å². The largest absolute Gasteiger partial charge is 0.378 e. The summed E-state index contributed by atoms with van der Waals surface area (Å²) >= 11 is 0. The van der Waals surface area contributed by atoms with Crippen LogP contribution in [0.15, 0.2) is 12.3 Å². The number of carbonyl (C=O) groups is 1. The minimum Gasteiger partial charge on any atom is -0.378 e. The molecule has 6 rings (SSSR count). The smallest absolute Gasteiger partial charge is 0.238 e. The molecule has 5 heteroatoms. The van der Waals surface area contributed by atoms with E-state index < -0.39 is 0 Å². The minimum absolute atomic E-state index is 0.252. The molecule has 0 atom stereocenters. The van der Waals surface area contributed by atoms with Gasteiger partial charge in [0.25, 0.3) is 0 Å². The van der Waals surface area contributed by atoms with Gasteiger partial charge in [-0.05, 0) is 61.7 Å². The monoisotopic (exact) mass is 345 g/mol. The van der Waals surface area contributed by atoms with E-state index >= 15 is 0 Å². The van der Waals surface area contributed by atoms with E-state index in [4.69, 9.17) is 4.74 Å². The maximum absolute atomic E-state index is 12.6. The normalized spacial score (nSPS) is 40.2. The van der Waals surface area contributed by atoms with Crippen LogP contribution in [-0.4, -0.2) is 66.8 Å². The number of hydrogen-bond donors (Lipinski definition) is 0. The lowest BCUT2D eigenvalue weighted by atomic mass is 9.49. The molecular weight excluding hydrogens is 314 g/mol. The first-order valence-electron chi connectivity index (χ1n) is 10.2. The first kappa shape index (κ1) is 16.1. The average molecular weight is 345 g/mol. The number of rotatable bonds is 4. The predicted molar refractivity (Wildman–Crippen MR) is 95.4 cm³/mol. The van der Waals surface area contributed by atoms with Gasteiger partial charge in [-0.1, -0.05) is 6.08 Å². The second-order valence-corrected chi connectivity index (χ2v) is 9.24. The molecule has 6 aliphatic rings. The van der Waals surface area contributed by atoms with Crippen molar-refractivity contribution in [3.8, 4) is 0 Å². The van der Waals surface area contributed by atoms with Gasteiger partial charge < -0.3 is 14.6 Å². The van der Waals surface area contributed by atoms with Gasteiger partial charge in [-0.15, -0.1) is 0 Å². The van der Waals surface area contributed by atoms with Crippen molar-refractivity contribution in [3.05, 3.63) is 12.3 Å². The van der Waals surface area contributed by atoms with Crippen molar-refractivity contribution >= 4 is 5.91 Å². The van der Waals surface area contributed by atoms with Gasteiger partial charge in [0, 0.05) is 32.4 Å². The van der Waals surface area contributed by atoms with E-state index in [0.29, 0.717) is 25.2 Å². The summed E-state index contributed by atoms with van der Waals surface area (Å²) in [5.74, 6) is 3.21. The molecule has 0 radical (unpaired) electrons. The fraction of sp³-hybridized carbons (Fsp3) is 0.850. The lowest BCUT2D eigenvalue weighted by Gasteiger charge is -2.58. The number of nitrogens with zero attached hydrogens (tertiary/aromatic N) is 3. The molecule has 4 bridgehead atoms. The molecule has 0 aromatic rings. The number of amides is 1. The van der Waals surface area contributed by atoms with Gasteiger partial charge in [-0.2, -0.15) is 0 Å². The first-order valence-corrected chi connectivity index (χ1v) is 10.2. The molecule has 5 nitrogen and oxygen atoms in total. The van der Waals surface area contributed by atoms with Crippen molar-refractivity contribution in [2.75, 3.05) is 45.9 Å². The molecule has 0 spiro atoms. The Labute approximate surface area is 150 Å². The highest BCUT2D eigenvalue weighted by Crippen LogP contribution is 2.60. The number of hydrogen-bond acceptors (Lipinski definition) is 4. The first-order chi connectivity index (χ1) is 12.2. The highest BCUT2D eigenvalue weighted by Gasteiger charge is 2.51. The fourth-order valence-electron chi connectivity index (χ4n) is 6.69. The van der Waals surface area contributed by atoms with E-state index in [1.54, 1.807) is 0 Å². The highest BCUT2D eigenvalue weighted by molar-refractivity contribution is 5.78. The molecule has 5 fully saturated rings. The summed E-state index contributed by atoms with van der Waals surface area (Å²) in [5, 5.41) is 4.64. The molecule has 2 heterocycles. The van der Waals surface area contributed by atoms with Crippen LogP contribution in [0.5, 0.6) is 0 Å². The van der Waals surface area contributed by atoms with E-state index in [2.05, 4.69) is 22.3 Å². The molecule has 0 aromatic heterocycles. The topological polar surface area (TPSA) is 36.0 Å². The second-order valence-electron chi connectivity index (χ2n) is 9.24. The van der Waals surface area contributed by atoms with Gasteiger partial charge in [0.2, 0.25) is 5.91 Å². The summed E-state index contributed by atoms with van der Waals surface area (Å²) < 4.78 is 5.37. The molecule has 0 N–H and O–H groups in total. The Morgan fingerprint density at radius 1 is 1.04 bits per heavy atom. The summed E-state index contributed by atoms with van der Waals surface area (Å²) in [6.45, 7) is 5.37. The Morgan fingerprint density at radius 2 is 1.68 bits per heavy atom. The molecule has 4 saturated carbocycles. The van der Waals surface area contributed by atoms with Crippen LogP contribution in [0.3, 0.4) is 0 Å².